The van der Waals surface area contributed by atoms with Crippen LogP contribution in [-0.2, 0) is 14.8 Å². The van der Waals surface area contributed by atoms with Crippen molar-refractivity contribution >= 4 is 44.6 Å². The predicted octanol–water partition coefficient (Wildman–Crippen LogP) is 3.18. The highest BCUT2D eigenvalue weighted by Crippen LogP contribution is 2.31. The van der Waals surface area contributed by atoms with Crippen LogP contribution in [0.2, 0.25) is 5.02 Å². The molecule has 2 aromatic carbocycles. The van der Waals surface area contributed by atoms with Gasteiger partial charge in [-0.15, -0.1) is 0 Å². The minimum Gasteiger partial charge on any atom is -0.370 e. The van der Waals surface area contributed by atoms with E-state index < -0.39 is 10.0 Å². The molecule has 3 rings (SSSR count). The Morgan fingerprint density at radius 2 is 1.77 bits per heavy atom. The third-order valence-corrected chi connectivity index (χ3v) is 5.14. The van der Waals surface area contributed by atoms with Gasteiger partial charge in [0.1, 0.15) is 0 Å². The van der Waals surface area contributed by atoms with Gasteiger partial charge in [-0.2, -0.15) is 0 Å². The molecule has 26 heavy (non-hydrogen) atoms. The van der Waals surface area contributed by atoms with Crippen molar-refractivity contribution in [1.29, 1.82) is 0 Å². The third kappa shape index (κ3) is 4.47. The molecule has 0 spiro atoms. The van der Waals surface area contributed by atoms with E-state index in [-0.39, 0.29) is 11.8 Å². The van der Waals surface area contributed by atoms with Crippen LogP contribution < -0.4 is 14.9 Å². The number of para-hydroxylation sites is 3. The Labute approximate surface area is 158 Å². The van der Waals surface area contributed by atoms with Crippen LogP contribution in [0.5, 0.6) is 0 Å². The van der Waals surface area contributed by atoms with E-state index in [2.05, 4.69) is 14.9 Å². The molecular weight excluding hydrogens is 374 g/mol. The number of halogens is 1. The number of hydrogen-bond acceptors (Lipinski definition) is 4. The third-order valence-electron chi connectivity index (χ3n) is 4.23. The zero-order chi connectivity index (χ0) is 18.7. The van der Waals surface area contributed by atoms with Crippen LogP contribution in [0.4, 0.5) is 17.1 Å². The van der Waals surface area contributed by atoms with Gasteiger partial charge in [-0.25, -0.2) is 8.42 Å². The number of nitrogens with one attached hydrogen (secondary N) is 2. The van der Waals surface area contributed by atoms with E-state index in [0.717, 1.165) is 18.5 Å². The highest BCUT2D eigenvalue weighted by atomic mass is 35.5. The summed E-state index contributed by atoms with van der Waals surface area (Å²) >= 11 is 6.24. The zero-order valence-electron chi connectivity index (χ0n) is 14.3. The van der Waals surface area contributed by atoms with Crippen molar-refractivity contribution in [1.82, 2.24) is 0 Å². The Bertz CT molecular complexity index is 917. The average Bonchev–Trinajstić information content (AvgIpc) is 3.06. The van der Waals surface area contributed by atoms with Gasteiger partial charge < -0.3 is 10.2 Å². The molecule has 2 N–H and O–H groups in total. The molecule has 1 unspecified atom stereocenters. The summed E-state index contributed by atoms with van der Waals surface area (Å²) in [6.45, 7) is 1.31. The van der Waals surface area contributed by atoms with Crippen molar-refractivity contribution in [3.05, 3.63) is 53.6 Å². The quantitative estimate of drug-likeness (QED) is 0.817. The van der Waals surface area contributed by atoms with E-state index in [1.807, 2.05) is 24.3 Å². The van der Waals surface area contributed by atoms with Gasteiger partial charge in [0.25, 0.3) is 0 Å². The summed E-state index contributed by atoms with van der Waals surface area (Å²) in [5.41, 5.74) is 1.71. The second-order valence-electron chi connectivity index (χ2n) is 6.29. The summed E-state index contributed by atoms with van der Waals surface area (Å²) in [6.07, 6.45) is 1.78. The number of amides is 1. The molecule has 1 heterocycles. The number of anilines is 3. The first-order valence-electron chi connectivity index (χ1n) is 8.20. The summed E-state index contributed by atoms with van der Waals surface area (Å²) < 4.78 is 25.4. The Kier molecular flexibility index (Phi) is 5.38. The van der Waals surface area contributed by atoms with Gasteiger partial charge in [0.15, 0.2) is 0 Å². The molecule has 0 bridgehead atoms. The summed E-state index contributed by atoms with van der Waals surface area (Å²) in [4.78, 5) is 14.7. The maximum absolute atomic E-state index is 12.6. The number of carbonyl (C=O) groups excluding carboxylic acids is 1. The Balaban J connectivity index is 1.69. The molecular formula is C18H20ClN3O3S. The zero-order valence-corrected chi connectivity index (χ0v) is 15.8. The molecule has 8 heteroatoms. The topological polar surface area (TPSA) is 78.5 Å². The molecule has 2 aromatic rings. The minimum atomic E-state index is -3.43. The van der Waals surface area contributed by atoms with Gasteiger partial charge in [-0.05, 0) is 30.7 Å². The molecule has 1 atom stereocenters. The van der Waals surface area contributed by atoms with E-state index >= 15 is 0 Å². The van der Waals surface area contributed by atoms with Crippen molar-refractivity contribution in [2.45, 2.75) is 6.42 Å². The Morgan fingerprint density at radius 3 is 2.46 bits per heavy atom. The maximum Gasteiger partial charge on any atom is 0.229 e. The smallest absolute Gasteiger partial charge is 0.229 e. The normalized spacial score (nSPS) is 17.2. The summed E-state index contributed by atoms with van der Waals surface area (Å²) in [5.74, 6) is -0.333. The van der Waals surface area contributed by atoms with Crippen LogP contribution in [-0.4, -0.2) is 33.7 Å². The van der Waals surface area contributed by atoms with E-state index in [1.54, 1.807) is 24.3 Å². The van der Waals surface area contributed by atoms with Crippen molar-refractivity contribution in [2.75, 3.05) is 34.3 Å². The standard InChI is InChI=1S/C18H20ClN3O3S/c1-26(24,25)21-16-8-4-3-7-15(16)20-18(23)13-10-11-22(12-13)17-9-5-2-6-14(17)19/h2-9,13,21H,10-12H2,1H3,(H,20,23). The van der Waals surface area contributed by atoms with Crippen molar-refractivity contribution < 1.29 is 13.2 Å². The van der Waals surface area contributed by atoms with E-state index in [1.165, 1.54) is 0 Å². The number of sulfonamides is 1. The molecule has 1 aliphatic heterocycles. The Morgan fingerprint density at radius 1 is 1.12 bits per heavy atom. The number of hydrogen-bond donors (Lipinski definition) is 2. The van der Waals surface area contributed by atoms with Gasteiger partial charge in [0.05, 0.1) is 34.3 Å². The second kappa shape index (κ2) is 7.55. The molecule has 1 fully saturated rings. The van der Waals surface area contributed by atoms with Crippen LogP contribution in [0.25, 0.3) is 0 Å². The lowest BCUT2D eigenvalue weighted by atomic mass is 10.1. The van der Waals surface area contributed by atoms with Crippen molar-refractivity contribution in [3.8, 4) is 0 Å². The monoisotopic (exact) mass is 393 g/mol. The lowest BCUT2D eigenvalue weighted by Gasteiger charge is -2.20. The van der Waals surface area contributed by atoms with Gasteiger partial charge in [0, 0.05) is 13.1 Å². The number of rotatable bonds is 5. The molecule has 1 saturated heterocycles. The van der Waals surface area contributed by atoms with E-state index in [9.17, 15) is 13.2 Å². The van der Waals surface area contributed by atoms with Gasteiger partial charge in [-0.1, -0.05) is 35.9 Å². The fraction of sp³-hybridized carbons (Fsp3) is 0.278. The van der Waals surface area contributed by atoms with Crippen LogP contribution in [0.15, 0.2) is 48.5 Å². The summed E-state index contributed by atoms with van der Waals surface area (Å²) in [5, 5.41) is 3.50. The predicted molar refractivity (Wildman–Crippen MR) is 105 cm³/mol. The first-order chi connectivity index (χ1) is 12.3. The van der Waals surface area contributed by atoms with Gasteiger partial charge >= 0.3 is 0 Å². The van der Waals surface area contributed by atoms with Crippen LogP contribution in [0.1, 0.15) is 6.42 Å². The SMILES string of the molecule is CS(=O)(=O)Nc1ccccc1NC(=O)C1CCN(c2ccccc2Cl)C1. The lowest BCUT2D eigenvalue weighted by molar-refractivity contribution is -0.119. The fourth-order valence-corrected chi connectivity index (χ4v) is 3.85. The molecule has 0 aliphatic carbocycles. The molecule has 0 saturated carbocycles. The van der Waals surface area contributed by atoms with Crippen molar-refractivity contribution in [2.24, 2.45) is 5.92 Å². The van der Waals surface area contributed by atoms with E-state index in [4.69, 9.17) is 11.6 Å². The number of carbonyl (C=O) groups is 1. The first-order valence-corrected chi connectivity index (χ1v) is 10.5. The first kappa shape index (κ1) is 18.5. The summed E-state index contributed by atoms with van der Waals surface area (Å²) in [7, 11) is -3.43. The lowest BCUT2D eigenvalue weighted by Crippen LogP contribution is -2.27. The Hall–Kier alpha value is -2.25. The fourth-order valence-electron chi connectivity index (χ4n) is 3.02. The molecule has 0 aromatic heterocycles. The largest absolute Gasteiger partial charge is 0.370 e. The van der Waals surface area contributed by atoms with Gasteiger partial charge in [0.2, 0.25) is 15.9 Å². The second-order valence-corrected chi connectivity index (χ2v) is 8.45. The highest BCUT2D eigenvalue weighted by molar-refractivity contribution is 7.92. The molecule has 1 amide bonds. The average molecular weight is 394 g/mol. The number of benzene rings is 2. The van der Waals surface area contributed by atoms with Crippen LogP contribution in [0, 0.1) is 5.92 Å². The minimum absolute atomic E-state index is 0.137. The highest BCUT2D eigenvalue weighted by Gasteiger charge is 2.29. The van der Waals surface area contributed by atoms with Crippen molar-refractivity contribution in [3.63, 3.8) is 0 Å². The molecule has 6 nitrogen and oxygen atoms in total. The van der Waals surface area contributed by atoms with Gasteiger partial charge in [-0.3, -0.25) is 9.52 Å². The molecule has 1 aliphatic rings. The van der Waals surface area contributed by atoms with E-state index in [0.29, 0.717) is 29.4 Å². The maximum atomic E-state index is 12.6. The van der Waals surface area contributed by atoms with Crippen LogP contribution >= 0.6 is 11.6 Å². The molecule has 0 radical (unpaired) electrons. The summed E-state index contributed by atoms with van der Waals surface area (Å²) in [6, 6.07) is 14.3. The number of nitrogens with zero attached hydrogens (tertiary/aromatic N) is 1. The molecule has 138 valence electrons. The van der Waals surface area contributed by atoms with Crippen LogP contribution in [0.3, 0.4) is 0 Å².